The highest BCUT2D eigenvalue weighted by Crippen LogP contribution is 2.25. The molecule has 0 bridgehead atoms. The summed E-state index contributed by atoms with van der Waals surface area (Å²) < 4.78 is 0. The van der Waals surface area contributed by atoms with E-state index in [1.54, 1.807) is 11.3 Å². The van der Waals surface area contributed by atoms with Crippen molar-refractivity contribution in [1.29, 1.82) is 0 Å². The van der Waals surface area contributed by atoms with E-state index in [4.69, 9.17) is 23.2 Å². The summed E-state index contributed by atoms with van der Waals surface area (Å²) in [5.41, 5.74) is 1.17. The average Bonchev–Trinajstić information content (AvgIpc) is 3.11. The number of rotatable bonds is 6. The van der Waals surface area contributed by atoms with Crippen molar-refractivity contribution in [3.05, 3.63) is 55.7 Å². The van der Waals surface area contributed by atoms with Crippen molar-refractivity contribution < 1.29 is 4.79 Å². The molecular formula is C23H33Cl4N3OS. The van der Waals surface area contributed by atoms with E-state index in [0.717, 1.165) is 49.0 Å². The number of amides is 1. The highest BCUT2D eigenvalue weighted by molar-refractivity contribution is 7.13. The number of hydrogen-bond donors (Lipinski definition) is 1. The number of carbonyl (C=O) groups is 1. The van der Waals surface area contributed by atoms with Crippen LogP contribution in [-0.4, -0.2) is 54.5 Å². The van der Waals surface area contributed by atoms with E-state index < -0.39 is 0 Å². The Balaban J connectivity index is 0.00000256. The van der Waals surface area contributed by atoms with E-state index in [1.165, 1.54) is 5.56 Å². The summed E-state index contributed by atoms with van der Waals surface area (Å²) >= 11 is 13.7. The Morgan fingerprint density at radius 1 is 1.03 bits per heavy atom. The van der Waals surface area contributed by atoms with Crippen LogP contribution in [0.3, 0.4) is 0 Å². The molecule has 2 aromatic rings. The van der Waals surface area contributed by atoms with E-state index >= 15 is 0 Å². The van der Waals surface area contributed by atoms with Crippen molar-refractivity contribution in [2.45, 2.75) is 40.3 Å². The monoisotopic (exact) mass is 539 g/mol. The SMILES string of the molecule is Cc1ccc(C(=O)NC(CN2CCN(Cc3ccc(Cl)c(Cl)c3)CC2)C(C)(C)C)s1.Cl.Cl. The van der Waals surface area contributed by atoms with Crippen LogP contribution in [0.1, 0.15) is 40.9 Å². The molecule has 9 heteroatoms. The van der Waals surface area contributed by atoms with Crippen LogP contribution in [0.15, 0.2) is 30.3 Å². The Kier molecular flexibility index (Phi) is 11.8. The summed E-state index contributed by atoms with van der Waals surface area (Å²) in [5.74, 6) is 0.0336. The third kappa shape index (κ3) is 8.35. The van der Waals surface area contributed by atoms with Crippen molar-refractivity contribution in [2.24, 2.45) is 5.41 Å². The number of carbonyl (C=O) groups excluding carboxylic acids is 1. The van der Waals surface area contributed by atoms with Gasteiger partial charge < -0.3 is 5.32 Å². The predicted octanol–water partition coefficient (Wildman–Crippen LogP) is 6.17. The van der Waals surface area contributed by atoms with Gasteiger partial charge in [-0.3, -0.25) is 14.6 Å². The van der Waals surface area contributed by atoms with Crippen LogP contribution in [0.25, 0.3) is 0 Å². The molecule has 1 aliphatic rings. The summed E-state index contributed by atoms with van der Waals surface area (Å²) in [4.78, 5) is 19.6. The Labute approximate surface area is 218 Å². The molecule has 0 saturated carbocycles. The van der Waals surface area contributed by atoms with Crippen LogP contribution < -0.4 is 5.32 Å². The molecule has 1 atom stereocenters. The van der Waals surface area contributed by atoms with Gasteiger partial charge in [-0.05, 0) is 42.2 Å². The first kappa shape index (κ1) is 29.5. The van der Waals surface area contributed by atoms with E-state index in [2.05, 4.69) is 35.9 Å². The van der Waals surface area contributed by atoms with Crippen LogP contribution >= 0.6 is 59.4 Å². The number of piperazine rings is 1. The van der Waals surface area contributed by atoms with Gasteiger partial charge in [0, 0.05) is 50.2 Å². The number of halogens is 4. The smallest absolute Gasteiger partial charge is 0.261 e. The van der Waals surface area contributed by atoms with Crippen molar-refractivity contribution in [2.75, 3.05) is 32.7 Å². The normalized spacial score (nSPS) is 16.1. The van der Waals surface area contributed by atoms with Gasteiger partial charge in [-0.1, -0.05) is 50.0 Å². The molecule has 0 spiro atoms. The minimum absolute atomic E-state index is 0. The molecule has 32 heavy (non-hydrogen) atoms. The van der Waals surface area contributed by atoms with E-state index in [9.17, 15) is 4.79 Å². The first-order chi connectivity index (χ1) is 14.1. The quantitative estimate of drug-likeness (QED) is 0.476. The predicted molar refractivity (Wildman–Crippen MR) is 142 cm³/mol. The van der Waals surface area contributed by atoms with Crippen LogP contribution in [-0.2, 0) is 6.54 Å². The molecule has 180 valence electrons. The van der Waals surface area contributed by atoms with Gasteiger partial charge >= 0.3 is 0 Å². The van der Waals surface area contributed by atoms with E-state index in [1.807, 2.05) is 37.3 Å². The Morgan fingerprint density at radius 3 is 2.19 bits per heavy atom. The molecule has 1 saturated heterocycles. The van der Waals surface area contributed by atoms with Crippen molar-refractivity contribution in [1.82, 2.24) is 15.1 Å². The standard InChI is InChI=1S/C23H31Cl2N3OS.2ClH/c1-16-5-8-20(30-16)22(29)26-21(23(2,3)4)15-28-11-9-27(10-12-28)14-17-6-7-18(24)19(25)13-17;;/h5-8,13,21H,9-12,14-15H2,1-4H3,(H,26,29);2*1H. The maximum absolute atomic E-state index is 12.7. The zero-order valence-electron chi connectivity index (χ0n) is 19.0. The average molecular weight is 541 g/mol. The van der Waals surface area contributed by atoms with Gasteiger partial charge in [0.25, 0.3) is 5.91 Å². The number of benzene rings is 1. The summed E-state index contributed by atoms with van der Waals surface area (Å²) in [7, 11) is 0. The van der Waals surface area contributed by atoms with Gasteiger partial charge in [0.05, 0.1) is 14.9 Å². The second kappa shape index (κ2) is 12.8. The lowest BCUT2D eigenvalue weighted by Gasteiger charge is -2.40. The maximum Gasteiger partial charge on any atom is 0.261 e. The van der Waals surface area contributed by atoms with Crippen molar-refractivity contribution in [3.8, 4) is 0 Å². The second-order valence-corrected chi connectivity index (χ2v) is 11.2. The third-order valence-corrected chi connectivity index (χ3v) is 7.35. The molecule has 4 nitrogen and oxygen atoms in total. The fraction of sp³-hybridized carbons (Fsp3) is 0.522. The molecular weight excluding hydrogens is 508 g/mol. The lowest BCUT2D eigenvalue weighted by atomic mass is 9.86. The second-order valence-electron chi connectivity index (χ2n) is 9.13. The van der Waals surface area contributed by atoms with Gasteiger partial charge in [0.2, 0.25) is 0 Å². The van der Waals surface area contributed by atoms with Crippen molar-refractivity contribution in [3.63, 3.8) is 0 Å². The summed E-state index contributed by atoms with van der Waals surface area (Å²) in [6, 6.07) is 9.86. The molecule has 1 unspecified atom stereocenters. The lowest BCUT2D eigenvalue weighted by molar-refractivity contribution is 0.0793. The number of hydrogen-bond acceptors (Lipinski definition) is 4. The first-order valence-corrected chi connectivity index (χ1v) is 11.9. The van der Waals surface area contributed by atoms with Crippen LogP contribution in [0.5, 0.6) is 0 Å². The minimum Gasteiger partial charge on any atom is -0.347 e. The Morgan fingerprint density at radius 2 is 1.66 bits per heavy atom. The molecule has 1 N–H and O–H groups in total. The van der Waals surface area contributed by atoms with Crippen molar-refractivity contribution >= 4 is 65.3 Å². The molecule has 0 aliphatic carbocycles. The summed E-state index contributed by atoms with van der Waals surface area (Å²) in [6.07, 6.45) is 0. The molecule has 2 heterocycles. The number of nitrogens with zero attached hydrogens (tertiary/aromatic N) is 2. The Bertz CT molecular complexity index is 876. The van der Waals surface area contributed by atoms with E-state index in [-0.39, 0.29) is 42.2 Å². The molecule has 1 aliphatic heterocycles. The largest absolute Gasteiger partial charge is 0.347 e. The van der Waals surface area contributed by atoms with Gasteiger partial charge in [-0.25, -0.2) is 0 Å². The molecule has 0 radical (unpaired) electrons. The first-order valence-electron chi connectivity index (χ1n) is 10.4. The highest BCUT2D eigenvalue weighted by atomic mass is 35.5. The third-order valence-electron chi connectivity index (χ3n) is 5.61. The number of thiophene rings is 1. The summed E-state index contributed by atoms with van der Waals surface area (Å²) in [5, 5.41) is 4.49. The highest BCUT2D eigenvalue weighted by Gasteiger charge is 2.30. The van der Waals surface area contributed by atoms with Crippen LogP contribution in [0, 0.1) is 12.3 Å². The fourth-order valence-corrected chi connectivity index (χ4v) is 4.70. The topological polar surface area (TPSA) is 35.6 Å². The van der Waals surface area contributed by atoms with Gasteiger partial charge in [0.15, 0.2) is 0 Å². The zero-order chi connectivity index (χ0) is 21.9. The van der Waals surface area contributed by atoms with Crippen LogP contribution in [0.2, 0.25) is 10.0 Å². The molecule has 1 aromatic carbocycles. The van der Waals surface area contributed by atoms with Gasteiger partial charge in [0.1, 0.15) is 0 Å². The lowest BCUT2D eigenvalue weighted by Crippen LogP contribution is -2.54. The number of nitrogens with one attached hydrogen (secondary N) is 1. The van der Waals surface area contributed by atoms with Crippen LogP contribution in [0.4, 0.5) is 0 Å². The molecule has 3 rings (SSSR count). The van der Waals surface area contributed by atoms with Gasteiger partial charge in [-0.15, -0.1) is 36.2 Å². The number of aryl methyl sites for hydroxylation is 1. The minimum atomic E-state index is -0.0147. The molecule has 1 fully saturated rings. The molecule has 1 amide bonds. The zero-order valence-corrected chi connectivity index (χ0v) is 23.0. The maximum atomic E-state index is 12.7. The fourth-order valence-electron chi connectivity index (χ4n) is 3.61. The molecule has 1 aromatic heterocycles. The van der Waals surface area contributed by atoms with E-state index in [0.29, 0.717) is 10.0 Å². The van der Waals surface area contributed by atoms with Gasteiger partial charge in [-0.2, -0.15) is 0 Å². The Hall–Kier alpha value is -0.530. The summed E-state index contributed by atoms with van der Waals surface area (Å²) in [6.45, 7) is 14.3.